The zero-order valence-corrected chi connectivity index (χ0v) is 12.3. The molecule has 0 aliphatic heterocycles. The SMILES string of the molecule is CNCc1ccc(N(CCOC)C(C)C)c(C)c1. The molecule has 1 rings (SSSR count). The Labute approximate surface area is 111 Å². The Morgan fingerprint density at radius 2 is 2.06 bits per heavy atom. The molecule has 1 aromatic rings. The minimum Gasteiger partial charge on any atom is -0.383 e. The van der Waals surface area contributed by atoms with Crippen LogP contribution in [0, 0.1) is 6.92 Å². The molecule has 0 heterocycles. The standard InChI is InChI=1S/C15H26N2O/c1-12(2)17(8-9-18-5)15-7-6-14(11-16-4)10-13(15)3/h6-7,10,12,16H,8-9,11H2,1-5H3. The van der Waals surface area contributed by atoms with E-state index >= 15 is 0 Å². The van der Waals surface area contributed by atoms with Gasteiger partial charge in [-0.05, 0) is 45.0 Å². The number of hydrogen-bond acceptors (Lipinski definition) is 3. The van der Waals surface area contributed by atoms with Gasteiger partial charge in [-0.25, -0.2) is 0 Å². The molecule has 0 spiro atoms. The lowest BCUT2D eigenvalue weighted by molar-refractivity contribution is 0.204. The molecule has 0 atom stereocenters. The van der Waals surface area contributed by atoms with E-state index in [0.717, 1.165) is 19.7 Å². The number of ether oxygens (including phenoxy) is 1. The maximum Gasteiger partial charge on any atom is 0.0637 e. The summed E-state index contributed by atoms with van der Waals surface area (Å²) in [5.74, 6) is 0. The zero-order chi connectivity index (χ0) is 13.5. The largest absolute Gasteiger partial charge is 0.383 e. The first-order chi connectivity index (χ1) is 8.60. The van der Waals surface area contributed by atoms with Crippen molar-refractivity contribution in [2.75, 3.05) is 32.2 Å². The molecule has 0 aliphatic rings. The molecule has 1 N–H and O–H groups in total. The van der Waals surface area contributed by atoms with E-state index in [2.05, 4.69) is 49.2 Å². The lowest BCUT2D eigenvalue weighted by Crippen LogP contribution is -2.34. The molecule has 18 heavy (non-hydrogen) atoms. The van der Waals surface area contributed by atoms with E-state index in [4.69, 9.17) is 4.74 Å². The first-order valence-electron chi connectivity index (χ1n) is 6.59. The van der Waals surface area contributed by atoms with Gasteiger partial charge in [-0.15, -0.1) is 0 Å². The molecular weight excluding hydrogens is 224 g/mol. The van der Waals surface area contributed by atoms with Crippen molar-refractivity contribution in [1.29, 1.82) is 0 Å². The van der Waals surface area contributed by atoms with Gasteiger partial charge in [0.05, 0.1) is 6.61 Å². The summed E-state index contributed by atoms with van der Waals surface area (Å²) in [6.07, 6.45) is 0. The molecule has 0 saturated heterocycles. The smallest absolute Gasteiger partial charge is 0.0637 e. The topological polar surface area (TPSA) is 24.5 Å². The summed E-state index contributed by atoms with van der Waals surface area (Å²) in [5, 5.41) is 3.18. The summed E-state index contributed by atoms with van der Waals surface area (Å²) >= 11 is 0. The van der Waals surface area contributed by atoms with E-state index in [1.807, 2.05) is 7.05 Å². The Bertz CT molecular complexity index is 364. The van der Waals surface area contributed by atoms with Crippen molar-refractivity contribution in [3.05, 3.63) is 29.3 Å². The molecule has 3 nitrogen and oxygen atoms in total. The third kappa shape index (κ3) is 4.00. The molecule has 1 aromatic carbocycles. The fraction of sp³-hybridized carbons (Fsp3) is 0.600. The van der Waals surface area contributed by atoms with Crippen molar-refractivity contribution in [3.8, 4) is 0 Å². The Morgan fingerprint density at radius 3 is 2.56 bits per heavy atom. The number of nitrogens with one attached hydrogen (secondary N) is 1. The predicted octanol–water partition coefficient (Wildman–Crippen LogP) is 2.58. The molecule has 0 aromatic heterocycles. The number of benzene rings is 1. The van der Waals surface area contributed by atoms with Crippen LogP contribution in [0.2, 0.25) is 0 Å². The molecule has 0 aliphatic carbocycles. The minimum atomic E-state index is 0.481. The number of nitrogens with zero attached hydrogens (tertiary/aromatic N) is 1. The first kappa shape index (κ1) is 15.0. The maximum absolute atomic E-state index is 5.19. The maximum atomic E-state index is 5.19. The van der Waals surface area contributed by atoms with Gasteiger partial charge in [-0.2, -0.15) is 0 Å². The first-order valence-corrected chi connectivity index (χ1v) is 6.59. The van der Waals surface area contributed by atoms with Crippen LogP contribution < -0.4 is 10.2 Å². The average Bonchev–Trinajstić information content (AvgIpc) is 2.32. The average molecular weight is 250 g/mol. The highest BCUT2D eigenvalue weighted by molar-refractivity contribution is 5.55. The van der Waals surface area contributed by atoms with Gasteiger partial charge in [0.15, 0.2) is 0 Å². The van der Waals surface area contributed by atoms with Crippen molar-refractivity contribution in [1.82, 2.24) is 5.32 Å². The molecule has 0 fully saturated rings. The number of methoxy groups -OCH3 is 1. The van der Waals surface area contributed by atoms with Crippen LogP contribution in [0.5, 0.6) is 0 Å². The highest BCUT2D eigenvalue weighted by Crippen LogP contribution is 2.23. The Morgan fingerprint density at radius 1 is 1.33 bits per heavy atom. The lowest BCUT2D eigenvalue weighted by atomic mass is 10.1. The van der Waals surface area contributed by atoms with Crippen LogP contribution in [-0.4, -0.2) is 33.4 Å². The van der Waals surface area contributed by atoms with Gasteiger partial charge < -0.3 is 15.0 Å². The van der Waals surface area contributed by atoms with E-state index < -0.39 is 0 Å². The van der Waals surface area contributed by atoms with Crippen molar-refractivity contribution < 1.29 is 4.74 Å². The van der Waals surface area contributed by atoms with Gasteiger partial charge in [0, 0.05) is 31.9 Å². The summed E-state index contributed by atoms with van der Waals surface area (Å²) in [4.78, 5) is 2.39. The molecule has 0 radical (unpaired) electrons. The second-order valence-corrected chi connectivity index (χ2v) is 4.93. The number of rotatable bonds is 7. The van der Waals surface area contributed by atoms with Crippen LogP contribution in [0.25, 0.3) is 0 Å². The van der Waals surface area contributed by atoms with Gasteiger partial charge in [0.2, 0.25) is 0 Å². The quantitative estimate of drug-likeness (QED) is 0.805. The summed E-state index contributed by atoms with van der Waals surface area (Å²) in [6, 6.07) is 7.15. The molecule has 3 heteroatoms. The van der Waals surface area contributed by atoms with Crippen LogP contribution in [0.1, 0.15) is 25.0 Å². The lowest BCUT2D eigenvalue weighted by Gasteiger charge is -2.30. The van der Waals surface area contributed by atoms with E-state index in [1.165, 1.54) is 16.8 Å². The number of hydrogen-bond donors (Lipinski definition) is 1. The van der Waals surface area contributed by atoms with Crippen molar-refractivity contribution in [2.45, 2.75) is 33.4 Å². The fourth-order valence-corrected chi connectivity index (χ4v) is 2.20. The Kier molecular flexibility index (Phi) is 6.16. The van der Waals surface area contributed by atoms with Crippen molar-refractivity contribution in [3.63, 3.8) is 0 Å². The Balaban J connectivity index is 2.90. The van der Waals surface area contributed by atoms with Crippen molar-refractivity contribution in [2.24, 2.45) is 0 Å². The molecular formula is C15H26N2O. The van der Waals surface area contributed by atoms with Gasteiger partial charge >= 0.3 is 0 Å². The summed E-state index contributed by atoms with van der Waals surface area (Å²) < 4.78 is 5.19. The third-order valence-corrected chi connectivity index (χ3v) is 3.11. The summed E-state index contributed by atoms with van der Waals surface area (Å²) in [5.41, 5.74) is 3.96. The van der Waals surface area contributed by atoms with Gasteiger partial charge in [-0.3, -0.25) is 0 Å². The predicted molar refractivity (Wildman–Crippen MR) is 78.3 cm³/mol. The van der Waals surface area contributed by atoms with E-state index in [9.17, 15) is 0 Å². The number of aryl methyl sites for hydroxylation is 1. The Hall–Kier alpha value is -1.06. The monoisotopic (exact) mass is 250 g/mol. The zero-order valence-electron chi connectivity index (χ0n) is 12.3. The third-order valence-electron chi connectivity index (χ3n) is 3.11. The molecule has 0 saturated carbocycles. The van der Waals surface area contributed by atoms with Crippen LogP contribution in [0.15, 0.2) is 18.2 Å². The van der Waals surface area contributed by atoms with E-state index in [-0.39, 0.29) is 0 Å². The van der Waals surface area contributed by atoms with Gasteiger partial charge in [0.25, 0.3) is 0 Å². The molecule has 102 valence electrons. The van der Waals surface area contributed by atoms with Crippen LogP contribution in [0.3, 0.4) is 0 Å². The normalized spacial score (nSPS) is 11.0. The number of anilines is 1. The molecule has 0 bridgehead atoms. The minimum absolute atomic E-state index is 0.481. The van der Waals surface area contributed by atoms with Gasteiger partial charge in [-0.1, -0.05) is 12.1 Å². The second-order valence-electron chi connectivity index (χ2n) is 4.93. The van der Waals surface area contributed by atoms with Gasteiger partial charge in [0.1, 0.15) is 0 Å². The van der Waals surface area contributed by atoms with E-state index in [1.54, 1.807) is 7.11 Å². The van der Waals surface area contributed by atoms with Crippen LogP contribution >= 0.6 is 0 Å². The summed E-state index contributed by atoms with van der Waals surface area (Å²) in [6.45, 7) is 9.22. The molecule has 0 amide bonds. The highest BCUT2D eigenvalue weighted by atomic mass is 16.5. The fourth-order valence-electron chi connectivity index (χ4n) is 2.20. The van der Waals surface area contributed by atoms with Crippen LogP contribution in [-0.2, 0) is 11.3 Å². The highest BCUT2D eigenvalue weighted by Gasteiger charge is 2.12. The van der Waals surface area contributed by atoms with Crippen molar-refractivity contribution >= 4 is 5.69 Å². The summed E-state index contributed by atoms with van der Waals surface area (Å²) in [7, 11) is 3.73. The molecule has 0 unspecified atom stereocenters. The van der Waals surface area contributed by atoms with Crippen LogP contribution in [0.4, 0.5) is 5.69 Å². The second kappa shape index (κ2) is 7.39. The van der Waals surface area contributed by atoms with E-state index in [0.29, 0.717) is 6.04 Å².